The summed E-state index contributed by atoms with van der Waals surface area (Å²) in [6.07, 6.45) is 6.90. The van der Waals surface area contributed by atoms with E-state index in [9.17, 15) is 4.79 Å². The molecule has 5 nitrogen and oxygen atoms in total. The van der Waals surface area contributed by atoms with E-state index in [1.54, 1.807) is 29.3 Å². The molecule has 0 bridgehead atoms. The van der Waals surface area contributed by atoms with Gasteiger partial charge in [-0.15, -0.1) is 11.3 Å². The minimum Gasteiger partial charge on any atom is -0.294 e. The third kappa shape index (κ3) is 1.91. The van der Waals surface area contributed by atoms with Gasteiger partial charge in [-0.25, -0.2) is 9.50 Å². The highest BCUT2D eigenvalue weighted by atomic mass is 32.1. The van der Waals surface area contributed by atoms with Crippen molar-refractivity contribution in [2.75, 3.05) is 0 Å². The average Bonchev–Trinajstić information content (AvgIpc) is 2.95. The Hall–Kier alpha value is -2.08. The number of hydrogen-bond acceptors (Lipinski definition) is 5. The molecule has 0 aliphatic rings. The summed E-state index contributed by atoms with van der Waals surface area (Å²) in [4.78, 5) is 20.5. The largest absolute Gasteiger partial charge is 0.294 e. The molecule has 0 saturated carbocycles. The fourth-order valence-corrected chi connectivity index (χ4v) is 2.54. The molecule has 0 unspecified atom stereocenters. The molecule has 0 spiro atoms. The van der Waals surface area contributed by atoms with Gasteiger partial charge in [0.2, 0.25) is 0 Å². The summed E-state index contributed by atoms with van der Waals surface area (Å²) >= 11 is 1.51. The van der Waals surface area contributed by atoms with Crippen LogP contribution in [0.5, 0.6) is 0 Å². The molecule has 0 atom stereocenters. The van der Waals surface area contributed by atoms with Crippen LogP contribution in [0.3, 0.4) is 0 Å². The number of carbonyl (C=O) groups excluding carboxylic acids is 1. The second kappa shape index (κ2) is 4.30. The van der Waals surface area contributed by atoms with Crippen LogP contribution in [-0.2, 0) is 6.42 Å². The Labute approximate surface area is 107 Å². The second-order valence-electron chi connectivity index (χ2n) is 3.95. The van der Waals surface area contributed by atoms with Crippen molar-refractivity contribution >= 4 is 22.6 Å². The molecule has 0 N–H and O–H groups in total. The van der Waals surface area contributed by atoms with Crippen LogP contribution in [0.15, 0.2) is 30.2 Å². The summed E-state index contributed by atoms with van der Waals surface area (Å²) < 4.78 is 1.65. The van der Waals surface area contributed by atoms with E-state index in [0.717, 1.165) is 16.2 Å². The molecule has 18 heavy (non-hydrogen) atoms. The Bertz CT molecular complexity index is 716. The van der Waals surface area contributed by atoms with Crippen LogP contribution in [0.4, 0.5) is 0 Å². The zero-order chi connectivity index (χ0) is 12.5. The van der Waals surface area contributed by atoms with Gasteiger partial charge in [0.1, 0.15) is 5.01 Å². The molecular formula is C12H10N4OS. The fraction of sp³-hybridized carbons (Fsp3) is 0.167. The topological polar surface area (TPSA) is 60.2 Å². The highest BCUT2D eigenvalue weighted by Gasteiger charge is 2.14. The molecule has 90 valence electrons. The molecule has 6 heteroatoms. The van der Waals surface area contributed by atoms with Gasteiger partial charge in [0.25, 0.3) is 0 Å². The van der Waals surface area contributed by atoms with E-state index in [-0.39, 0.29) is 5.78 Å². The summed E-state index contributed by atoms with van der Waals surface area (Å²) in [7, 11) is 0. The first-order valence-corrected chi connectivity index (χ1v) is 6.33. The van der Waals surface area contributed by atoms with Crippen LogP contribution >= 0.6 is 11.3 Å². The molecule has 0 aromatic carbocycles. The molecule has 3 aromatic rings. The third-order valence-corrected chi connectivity index (χ3v) is 3.57. The van der Waals surface area contributed by atoms with Crippen molar-refractivity contribution < 1.29 is 4.79 Å². The lowest BCUT2D eigenvalue weighted by Gasteiger charge is -1.96. The summed E-state index contributed by atoms with van der Waals surface area (Å²) in [6, 6.07) is 0. The Balaban J connectivity index is 1.92. The average molecular weight is 258 g/mol. The maximum absolute atomic E-state index is 12.2. The Morgan fingerprint density at radius 2 is 2.33 bits per heavy atom. The minimum atomic E-state index is 0.0207. The molecule has 3 aromatic heterocycles. The number of aryl methyl sites for hydroxylation is 1. The van der Waals surface area contributed by atoms with Crippen LogP contribution < -0.4 is 0 Å². The van der Waals surface area contributed by atoms with Gasteiger partial charge in [-0.2, -0.15) is 5.10 Å². The number of carbonyl (C=O) groups is 1. The van der Waals surface area contributed by atoms with Crippen LogP contribution in [-0.4, -0.2) is 25.4 Å². The van der Waals surface area contributed by atoms with Crippen molar-refractivity contribution in [1.29, 1.82) is 0 Å². The van der Waals surface area contributed by atoms with E-state index in [0.29, 0.717) is 12.0 Å². The van der Waals surface area contributed by atoms with Crippen molar-refractivity contribution in [3.63, 3.8) is 0 Å². The molecule has 0 saturated heterocycles. The fourth-order valence-electron chi connectivity index (χ4n) is 1.77. The predicted octanol–water partition coefficient (Wildman–Crippen LogP) is 1.92. The van der Waals surface area contributed by atoms with Gasteiger partial charge >= 0.3 is 0 Å². The smallest absolute Gasteiger partial charge is 0.173 e. The van der Waals surface area contributed by atoms with Crippen LogP contribution in [0.2, 0.25) is 0 Å². The summed E-state index contributed by atoms with van der Waals surface area (Å²) in [5.74, 6) is 0.0207. The van der Waals surface area contributed by atoms with E-state index in [1.165, 1.54) is 11.3 Å². The Morgan fingerprint density at radius 3 is 3.11 bits per heavy atom. The maximum atomic E-state index is 12.2. The molecular weight excluding hydrogens is 248 g/mol. The van der Waals surface area contributed by atoms with E-state index in [4.69, 9.17) is 0 Å². The normalized spacial score (nSPS) is 10.9. The maximum Gasteiger partial charge on any atom is 0.173 e. The highest BCUT2D eigenvalue weighted by Crippen LogP contribution is 2.15. The zero-order valence-electron chi connectivity index (χ0n) is 9.70. The van der Waals surface area contributed by atoms with Gasteiger partial charge in [0.15, 0.2) is 5.78 Å². The van der Waals surface area contributed by atoms with Gasteiger partial charge in [0.05, 0.1) is 29.9 Å². The van der Waals surface area contributed by atoms with E-state index < -0.39 is 0 Å². The van der Waals surface area contributed by atoms with Gasteiger partial charge in [0, 0.05) is 23.5 Å². The Morgan fingerprint density at radius 1 is 1.44 bits per heavy atom. The van der Waals surface area contributed by atoms with E-state index in [2.05, 4.69) is 15.1 Å². The van der Waals surface area contributed by atoms with E-state index in [1.807, 2.05) is 12.3 Å². The lowest BCUT2D eigenvalue weighted by Crippen LogP contribution is -2.03. The molecule has 0 fully saturated rings. The number of fused-ring (bicyclic) bond motifs is 1. The first kappa shape index (κ1) is 11.0. The molecule has 0 radical (unpaired) electrons. The Kier molecular flexibility index (Phi) is 2.64. The third-order valence-electron chi connectivity index (χ3n) is 2.60. The number of Topliss-reactive ketones (excluding diaryl/α,β-unsaturated/α-hetero) is 1. The summed E-state index contributed by atoms with van der Waals surface area (Å²) in [5, 5.41) is 6.90. The highest BCUT2D eigenvalue weighted by molar-refractivity contribution is 7.09. The van der Waals surface area contributed by atoms with Crippen LogP contribution in [0, 0.1) is 6.92 Å². The minimum absolute atomic E-state index is 0.0207. The van der Waals surface area contributed by atoms with Gasteiger partial charge in [-0.3, -0.25) is 9.78 Å². The number of thiazole rings is 1. The first-order chi connectivity index (χ1) is 8.74. The van der Waals surface area contributed by atoms with Gasteiger partial charge < -0.3 is 0 Å². The SMILES string of the molecule is Cc1csc(CC(=O)c2cnn3ccncc23)n1. The second-order valence-corrected chi connectivity index (χ2v) is 4.89. The standard InChI is InChI=1S/C12H10N4OS/c1-8-7-18-12(15-8)4-11(17)9-5-14-16-3-2-13-6-10(9)16/h2-3,5-7H,4H2,1H3. The first-order valence-electron chi connectivity index (χ1n) is 5.45. The van der Waals surface area contributed by atoms with Gasteiger partial charge in [-0.1, -0.05) is 0 Å². The quantitative estimate of drug-likeness (QED) is 0.673. The molecule has 0 aliphatic heterocycles. The summed E-state index contributed by atoms with van der Waals surface area (Å²) in [5.41, 5.74) is 2.27. The van der Waals surface area contributed by atoms with Crippen LogP contribution in [0.1, 0.15) is 21.1 Å². The number of rotatable bonds is 3. The van der Waals surface area contributed by atoms with Gasteiger partial charge in [-0.05, 0) is 6.92 Å². The van der Waals surface area contributed by atoms with Crippen molar-refractivity contribution in [2.45, 2.75) is 13.3 Å². The number of ketones is 1. The van der Waals surface area contributed by atoms with Crippen LogP contribution in [0.25, 0.3) is 5.52 Å². The number of aromatic nitrogens is 4. The number of hydrogen-bond donors (Lipinski definition) is 0. The molecule has 0 amide bonds. The van der Waals surface area contributed by atoms with E-state index >= 15 is 0 Å². The summed E-state index contributed by atoms with van der Waals surface area (Å²) in [6.45, 7) is 1.92. The lowest BCUT2D eigenvalue weighted by atomic mass is 10.1. The molecule has 0 aliphatic carbocycles. The van der Waals surface area contributed by atoms with Crippen molar-refractivity contribution in [3.8, 4) is 0 Å². The monoisotopic (exact) mass is 258 g/mol. The van der Waals surface area contributed by atoms with Crippen molar-refractivity contribution in [3.05, 3.63) is 46.4 Å². The molecule has 3 rings (SSSR count). The van der Waals surface area contributed by atoms with Crippen molar-refractivity contribution in [2.24, 2.45) is 0 Å². The lowest BCUT2D eigenvalue weighted by molar-refractivity contribution is 0.0994. The molecule has 3 heterocycles. The van der Waals surface area contributed by atoms with Crippen molar-refractivity contribution in [1.82, 2.24) is 19.6 Å². The number of nitrogens with zero attached hydrogens (tertiary/aromatic N) is 4. The predicted molar refractivity (Wildman–Crippen MR) is 67.9 cm³/mol. The zero-order valence-corrected chi connectivity index (χ0v) is 10.5.